The molecular weight excluding hydrogens is 300 g/mol. The molecule has 1 aliphatic rings. The van der Waals surface area contributed by atoms with Crippen LogP contribution in [-0.4, -0.2) is 29.0 Å². The molecular formula is C16H17ClN4O. The number of hydrogen-bond donors (Lipinski definition) is 1. The highest BCUT2D eigenvalue weighted by molar-refractivity contribution is 6.33. The summed E-state index contributed by atoms with van der Waals surface area (Å²) >= 11 is 6.09. The van der Waals surface area contributed by atoms with Crippen LogP contribution in [0.25, 0.3) is 0 Å². The van der Waals surface area contributed by atoms with E-state index in [9.17, 15) is 4.79 Å². The van der Waals surface area contributed by atoms with E-state index in [1.807, 2.05) is 12.1 Å². The number of para-hydroxylation sites is 1. The number of carbonyl (C=O) groups excluding carboxylic acids is 1. The fraction of sp³-hybridized carbons (Fsp3) is 0.312. The number of amides is 1. The Labute approximate surface area is 134 Å². The van der Waals surface area contributed by atoms with Crippen molar-refractivity contribution in [1.82, 2.24) is 9.97 Å². The van der Waals surface area contributed by atoms with Crippen molar-refractivity contribution in [1.29, 1.82) is 0 Å². The molecule has 6 heteroatoms. The van der Waals surface area contributed by atoms with Gasteiger partial charge in [0.05, 0.1) is 16.6 Å². The van der Waals surface area contributed by atoms with Gasteiger partial charge in [0.25, 0.3) is 0 Å². The number of aromatic nitrogens is 2. The van der Waals surface area contributed by atoms with Gasteiger partial charge in [-0.05, 0) is 31.0 Å². The molecule has 1 fully saturated rings. The van der Waals surface area contributed by atoms with Gasteiger partial charge in [-0.25, -0.2) is 9.97 Å². The van der Waals surface area contributed by atoms with Gasteiger partial charge in [0.1, 0.15) is 0 Å². The number of nitrogens with one attached hydrogen (secondary N) is 1. The van der Waals surface area contributed by atoms with E-state index >= 15 is 0 Å². The van der Waals surface area contributed by atoms with Crippen LogP contribution in [0.5, 0.6) is 0 Å². The molecule has 0 bridgehead atoms. The first kappa shape index (κ1) is 14.8. The number of benzene rings is 1. The molecule has 0 spiro atoms. The third-order valence-electron chi connectivity index (χ3n) is 3.76. The Kier molecular flexibility index (Phi) is 4.53. The van der Waals surface area contributed by atoms with Gasteiger partial charge in [-0.3, -0.25) is 4.79 Å². The molecule has 1 atom stereocenters. The number of anilines is 2. The van der Waals surface area contributed by atoms with Gasteiger partial charge in [0, 0.05) is 25.5 Å². The highest BCUT2D eigenvalue weighted by Gasteiger charge is 2.27. The first-order valence-corrected chi connectivity index (χ1v) is 7.69. The average Bonchev–Trinajstić information content (AvgIpc) is 2.58. The highest BCUT2D eigenvalue weighted by Crippen LogP contribution is 2.24. The standard InChI is InChI=1S/C16H17ClN4O/c17-13-6-1-2-7-14(13)20-15(22)12-5-3-10-21(11-12)16-18-8-4-9-19-16/h1-2,4,6-9,12H,3,5,10-11H2,(H,20,22). The van der Waals surface area contributed by atoms with Gasteiger partial charge in [0.15, 0.2) is 0 Å². The Morgan fingerprint density at radius 1 is 1.23 bits per heavy atom. The molecule has 1 amide bonds. The van der Waals surface area contributed by atoms with Crippen LogP contribution in [-0.2, 0) is 4.79 Å². The van der Waals surface area contributed by atoms with E-state index in [1.165, 1.54) is 0 Å². The molecule has 1 saturated heterocycles. The van der Waals surface area contributed by atoms with E-state index in [2.05, 4.69) is 20.2 Å². The molecule has 3 rings (SSSR count). The maximum Gasteiger partial charge on any atom is 0.229 e. The Hall–Kier alpha value is -2.14. The van der Waals surface area contributed by atoms with Crippen LogP contribution in [0.2, 0.25) is 5.02 Å². The fourth-order valence-electron chi connectivity index (χ4n) is 2.62. The highest BCUT2D eigenvalue weighted by atomic mass is 35.5. The summed E-state index contributed by atoms with van der Waals surface area (Å²) in [6.07, 6.45) is 5.24. The summed E-state index contributed by atoms with van der Waals surface area (Å²) in [7, 11) is 0. The largest absolute Gasteiger partial charge is 0.340 e. The number of carbonyl (C=O) groups is 1. The average molecular weight is 317 g/mol. The predicted molar refractivity (Wildman–Crippen MR) is 87.1 cm³/mol. The number of piperidine rings is 1. The number of rotatable bonds is 3. The molecule has 2 aromatic rings. The Morgan fingerprint density at radius 2 is 2.00 bits per heavy atom. The van der Waals surface area contributed by atoms with Crippen LogP contribution in [0, 0.1) is 5.92 Å². The van der Waals surface area contributed by atoms with E-state index in [0.717, 1.165) is 19.4 Å². The quantitative estimate of drug-likeness (QED) is 0.945. The van der Waals surface area contributed by atoms with Crippen LogP contribution in [0.15, 0.2) is 42.7 Å². The number of hydrogen-bond acceptors (Lipinski definition) is 4. The normalized spacial score (nSPS) is 18.0. The van der Waals surface area contributed by atoms with Gasteiger partial charge >= 0.3 is 0 Å². The summed E-state index contributed by atoms with van der Waals surface area (Å²) in [5.74, 6) is 0.584. The molecule has 114 valence electrons. The summed E-state index contributed by atoms with van der Waals surface area (Å²) in [5, 5.41) is 3.46. The first-order chi connectivity index (χ1) is 10.7. The van der Waals surface area contributed by atoms with Crippen molar-refractivity contribution in [3.8, 4) is 0 Å². The second kappa shape index (κ2) is 6.75. The van der Waals surface area contributed by atoms with Gasteiger partial charge in [-0.1, -0.05) is 23.7 Å². The van der Waals surface area contributed by atoms with E-state index in [-0.39, 0.29) is 11.8 Å². The molecule has 22 heavy (non-hydrogen) atoms. The maximum absolute atomic E-state index is 12.5. The molecule has 1 aromatic heterocycles. The molecule has 0 aliphatic carbocycles. The molecule has 5 nitrogen and oxygen atoms in total. The van der Waals surface area contributed by atoms with Crippen molar-refractivity contribution in [2.75, 3.05) is 23.3 Å². The predicted octanol–water partition coefficient (Wildman–Crippen LogP) is 2.99. The molecule has 0 saturated carbocycles. The monoisotopic (exact) mass is 316 g/mol. The van der Waals surface area contributed by atoms with Crippen LogP contribution in [0.1, 0.15) is 12.8 Å². The molecule has 1 unspecified atom stereocenters. The Balaban J connectivity index is 1.67. The van der Waals surface area contributed by atoms with Gasteiger partial charge in [0.2, 0.25) is 11.9 Å². The van der Waals surface area contributed by atoms with E-state index < -0.39 is 0 Å². The fourth-order valence-corrected chi connectivity index (χ4v) is 2.81. The Morgan fingerprint density at radius 3 is 2.77 bits per heavy atom. The summed E-state index contributed by atoms with van der Waals surface area (Å²) in [6.45, 7) is 1.50. The summed E-state index contributed by atoms with van der Waals surface area (Å²) in [6, 6.07) is 9.05. The molecule has 0 radical (unpaired) electrons. The van der Waals surface area contributed by atoms with Crippen molar-refractivity contribution in [3.05, 3.63) is 47.7 Å². The van der Waals surface area contributed by atoms with Crippen molar-refractivity contribution in [2.24, 2.45) is 5.92 Å². The minimum absolute atomic E-state index is 0.00580. The smallest absolute Gasteiger partial charge is 0.229 e. The van der Waals surface area contributed by atoms with Crippen LogP contribution >= 0.6 is 11.6 Å². The SMILES string of the molecule is O=C(Nc1ccccc1Cl)C1CCCN(c2ncccn2)C1. The zero-order valence-electron chi connectivity index (χ0n) is 12.1. The zero-order valence-corrected chi connectivity index (χ0v) is 12.8. The minimum atomic E-state index is -0.0890. The maximum atomic E-state index is 12.5. The summed E-state index contributed by atoms with van der Waals surface area (Å²) in [4.78, 5) is 23.0. The van der Waals surface area contributed by atoms with E-state index in [4.69, 9.17) is 11.6 Å². The van der Waals surface area contributed by atoms with E-state index in [0.29, 0.717) is 23.2 Å². The first-order valence-electron chi connectivity index (χ1n) is 7.31. The third kappa shape index (κ3) is 3.36. The lowest BCUT2D eigenvalue weighted by Crippen LogP contribution is -2.41. The minimum Gasteiger partial charge on any atom is -0.340 e. The molecule has 1 aromatic carbocycles. The van der Waals surface area contributed by atoms with Crippen LogP contribution in [0.4, 0.5) is 11.6 Å². The van der Waals surface area contributed by atoms with Crippen LogP contribution < -0.4 is 10.2 Å². The lowest BCUT2D eigenvalue weighted by atomic mass is 9.97. The van der Waals surface area contributed by atoms with Crippen molar-refractivity contribution < 1.29 is 4.79 Å². The van der Waals surface area contributed by atoms with Gasteiger partial charge < -0.3 is 10.2 Å². The zero-order chi connectivity index (χ0) is 15.4. The van der Waals surface area contributed by atoms with Gasteiger partial charge in [-0.2, -0.15) is 0 Å². The Bertz CT molecular complexity index is 650. The number of nitrogens with zero attached hydrogens (tertiary/aromatic N) is 3. The van der Waals surface area contributed by atoms with E-state index in [1.54, 1.807) is 30.6 Å². The lowest BCUT2D eigenvalue weighted by Gasteiger charge is -2.31. The molecule has 1 aliphatic heterocycles. The topological polar surface area (TPSA) is 58.1 Å². The lowest BCUT2D eigenvalue weighted by molar-refractivity contribution is -0.120. The second-order valence-electron chi connectivity index (χ2n) is 5.30. The summed E-state index contributed by atoms with van der Waals surface area (Å²) in [5.41, 5.74) is 0.655. The van der Waals surface area contributed by atoms with Crippen LogP contribution in [0.3, 0.4) is 0 Å². The summed E-state index contributed by atoms with van der Waals surface area (Å²) < 4.78 is 0. The molecule has 2 heterocycles. The van der Waals surface area contributed by atoms with Crippen molar-refractivity contribution in [2.45, 2.75) is 12.8 Å². The van der Waals surface area contributed by atoms with Crippen molar-refractivity contribution in [3.63, 3.8) is 0 Å². The van der Waals surface area contributed by atoms with Gasteiger partial charge in [-0.15, -0.1) is 0 Å². The van der Waals surface area contributed by atoms with Crippen molar-refractivity contribution >= 4 is 29.1 Å². The number of halogens is 1. The third-order valence-corrected chi connectivity index (χ3v) is 4.09. The molecule has 1 N–H and O–H groups in total. The second-order valence-corrected chi connectivity index (χ2v) is 5.71.